The van der Waals surface area contributed by atoms with Crippen LogP contribution in [0.4, 0.5) is 13.2 Å². The molecule has 0 aromatic heterocycles. The van der Waals surface area contributed by atoms with Gasteiger partial charge in [-0.25, -0.2) is 0 Å². The Balaban J connectivity index is 2.45. The first-order chi connectivity index (χ1) is 4.50. The Morgan fingerprint density at radius 2 is 2.00 bits per heavy atom. The molecule has 1 saturated heterocycles. The average Bonchev–Trinajstić information content (AvgIpc) is 2.11. The molecular weight excluding hydrogens is 149 g/mol. The number of alkyl halides is 3. The van der Waals surface area contributed by atoms with Gasteiger partial charge < -0.3 is 9.84 Å². The van der Waals surface area contributed by atoms with Crippen LogP contribution in [-0.4, -0.2) is 24.2 Å². The fourth-order valence-corrected chi connectivity index (χ4v) is 0.835. The summed E-state index contributed by atoms with van der Waals surface area (Å²) >= 11 is 0. The molecule has 10 heavy (non-hydrogen) atoms. The largest absolute Gasteiger partial charge is 0.394 e. The molecule has 1 heterocycles. The molecule has 0 aliphatic carbocycles. The zero-order valence-electron chi connectivity index (χ0n) is 5.06. The molecule has 0 radical (unpaired) electrons. The molecule has 1 rings (SSSR count). The van der Waals surface area contributed by atoms with Gasteiger partial charge in [-0.05, 0) is 0 Å². The minimum absolute atomic E-state index is 0.330. The second-order valence-electron chi connectivity index (χ2n) is 2.26. The number of aliphatic hydroxyl groups excluding tert-OH is 1. The van der Waals surface area contributed by atoms with Gasteiger partial charge in [-0.3, -0.25) is 0 Å². The highest BCUT2D eigenvalue weighted by molar-refractivity contribution is 4.73. The number of rotatable bonds is 0. The van der Waals surface area contributed by atoms with E-state index >= 15 is 0 Å². The van der Waals surface area contributed by atoms with Gasteiger partial charge in [-0.2, -0.15) is 13.2 Å². The van der Waals surface area contributed by atoms with Crippen molar-refractivity contribution in [3.05, 3.63) is 0 Å². The van der Waals surface area contributed by atoms with E-state index in [0.29, 0.717) is 0 Å². The second kappa shape index (κ2) is 2.39. The summed E-state index contributed by atoms with van der Waals surface area (Å²) in [5.74, 6) is -1.48. The van der Waals surface area contributed by atoms with Crippen LogP contribution in [0.5, 0.6) is 0 Å². The zero-order chi connectivity index (χ0) is 7.78. The maximum absolute atomic E-state index is 11.7. The van der Waals surface area contributed by atoms with Gasteiger partial charge in [0.15, 0.2) is 6.29 Å². The highest BCUT2D eigenvalue weighted by Gasteiger charge is 2.44. The molecule has 1 aliphatic heterocycles. The summed E-state index contributed by atoms with van der Waals surface area (Å²) < 4.78 is 39.6. The van der Waals surface area contributed by atoms with Gasteiger partial charge in [0.2, 0.25) is 0 Å². The molecule has 60 valence electrons. The lowest BCUT2D eigenvalue weighted by molar-refractivity contribution is -0.173. The van der Waals surface area contributed by atoms with Crippen molar-refractivity contribution in [1.82, 2.24) is 0 Å². The summed E-state index contributed by atoms with van der Waals surface area (Å²) in [5, 5.41) is 8.54. The van der Waals surface area contributed by atoms with Crippen molar-refractivity contribution in [3.63, 3.8) is 0 Å². The van der Waals surface area contributed by atoms with Gasteiger partial charge in [-0.1, -0.05) is 0 Å². The quantitative estimate of drug-likeness (QED) is 0.564. The van der Waals surface area contributed by atoms with Crippen LogP contribution in [-0.2, 0) is 4.74 Å². The van der Waals surface area contributed by atoms with Crippen molar-refractivity contribution in [3.8, 4) is 0 Å². The van der Waals surface area contributed by atoms with Gasteiger partial charge >= 0.3 is 6.18 Å². The van der Waals surface area contributed by atoms with Crippen LogP contribution in [0, 0.1) is 5.92 Å². The van der Waals surface area contributed by atoms with Crippen LogP contribution in [0.15, 0.2) is 0 Å². The second-order valence-corrected chi connectivity index (χ2v) is 2.26. The molecule has 0 bridgehead atoms. The predicted molar refractivity (Wildman–Crippen MR) is 26.1 cm³/mol. The lowest BCUT2D eigenvalue weighted by atomic mass is 10.1. The summed E-state index contributed by atoms with van der Waals surface area (Å²) in [7, 11) is 0. The molecule has 2 unspecified atom stereocenters. The Morgan fingerprint density at radius 3 is 2.20 bits per heavy atom. The van der Waals surface area contributed by atoms with Crippen molar-refractivity contribution in [2.45, 2.75) is 18.9 Å². The van der Waals surface area contributed by atoms with E-state index in [-0.39, 0.29) is 6.42 Å². The summed E-state index contributed by atoms with van der Waals surface area (Å²) in [5.41, 5.74) is 0. The average molecular weight is 156 g/mol. The number of hydrogen-bond donors (Lipinski definition) is 1. The maximum Gasteiger partial charge on any atom is 0.394 e. The van der Waals surface area contributed by atoms with Gasteiger partial charge in [0.25, 0.3) is 0 Å². The molecule has 0 aromatic rings. The fourth-order valence-electron chi connectivity index (χ4n) is 0.835. The van der Waals surface area contributed by atoms with E-state index in [1.165, 1.54) is 0 Å². The van der Waals surface area contributed by atoms with Crippen LogP contribution >= 0.6 is 0 Å². The first-order valence-corrected chi connectivity index (χ1v) is 2.86. The highest BCUT2D eigenvalue weighted by Crippen LogP contribution is 2.33. The fraction of sp³-hybridized carbons (Fsp3) is 1.00. The Kier molecular flexibility index (Phi) is 1.87. The number of hydrogen-bond acceptors (Lipinski definition) is 2. The van der Waals surface area contributed by atoms with Crippen LogP contribution in [0.25, 0.3) is 0 Å². The number of aliphatic hydroxyl groups is 1. The highest BCUT2D eigenvalue weighted by atomic mass is 19.4. The zero-order valence-corrected chi connectivity index (χ0v) is 5.06. The first kappa shape index (κ1) is 7.81. The van der Waals surface area contributed by atoms with Crippen LogP contribution in [0.2, 0.25) is 0 Å². The van der Waals surface area contributed by atoms with E-state index in [1.807, 2.05) is 0 Å². The van der Waals surface area contributed by atoms with Crippen molar-refractivity contribution < 1.29 is 23.0 Å². The van der Waals surface area contributed by atoms with Crippen molar-refractivity contribution in [2.24, 2.45) is 5.92 Å². The Morgan fingerprint density at radius 1 is 1.40 bits per heavy atom. The SMILES string of the molecule is OC1CC(C(F)(F)F)CO1. The Bertz CT molecular complexity index is 123. The molecule has 1 aliphatic rings. The van der Waals surface area contributed by atoms with Crippen molar-refractivity contribution in [1.29, 1.82) is 0 Å². The molecule has 2 nitrogen and oxygen atoms in total. The van der Waals surface area contributed by atoms with Gasteiger partial charge in [0.1, 0.15) is 0 Å². The minimum Gasteiger partial charge on any atom is -0.368 e. The maximum atomic E-state index is 11.7. The molecule has 5 heteroatoms. The first-order valence-electron chi connectivity index (χ1n) is 2.86. The number of ether oxygens (including phenoxy) is 1. The minimum atomic E-state index is -4.22. The third-order valence-electron chi connectivity index (χ3n) is 1.44. The molecule has 2 atom stereocenters. The van der Waals surface area contributed by atoms with Crippen LogP contribution in [0.1, 0.15) is 6.42 Å². The summed E-state index contributed by atoms with van der Waals surface area (Å²) in [6.07, 6.45) is -5.78. The summed E-state index contributed by atoms with van der Waals surface area (Å²) in [6, 6.07) is 0. The van der Waals surface area contributed by atoms with Crippen LogP contribution < -0.4 is 0 Å². The van der Waals surface area contributed by atoms with Crippen molar-refractivity contribution in [2.75, 3.05) is 6.61 Å². The van der Waals surface area contributed by atoms with E-state index in [0.717, 1.165) is 0 Å². The Labute approximate surface area is 55.6 Å². The van der Waals surface area contributed by atoms with E-state index in [4.69, 9.17) is 5.11 Å². The summed E-state index contributed by atoms with van der Waals surface area (Å²) in [4.78, 5) is 0. The molecule has 1 N–H and O–H groups in total. The third kappa shape index (κ3) is 1.60. The van der Waals surface area contributed by atoms with Crippen molar-refractivity contribution >= 4 is 0 Å². The molecular formula is C5H7F3O2. The van der Waals surface area contributed by atoms with E-state index in [2.05, 4.69) is 4.74 Å². The predicted octanol–water partition coefficient (Wildman–Crippen LogP) is 0.904. The smallest absolute Gasteiger partial charge is 0.368 e. The lowest BCUT2D eigenvalue weighted by Crippen LogP contribution is -2.22. The molecule has 1 fully saturated rings. The standard InChI is InChI=1S/C5H7F3O2/c6-5(7,8)3-1-4(9)10-2-3/h3-4,9H,1-2H2. The van der Waals surface area contributed by atoms with Gasteiger partial charge in [0, 0.05) is 6.42 Å². The number of halogens is 3. The molecule has 0 amide bonds. The van der Waals surface area contributed by atoms with Gasteiger partial charge in [0.05, 0.1) is 12.5 Å². The molecule has 0 aromatic carbocycles. The van der Waals surface area contributed by atoms with Gasteiger partial charge in [-0.15, -0.1) is 0 Å². The lowest BCUT2D eigenvalue weighted by Gasteiger charge is -2.10. The monoisotopic (exact) mass is 156 g/mol. The van der Waals surface area contributed by atoms with Crippen LogP contribution in [0.3, 0.4) is 0 Å². The topological polar surface area (TPSA) is 29.5 Å². The van der Waals surface area contributed by atoms with E-state index in [9.17, 15) is 13.2 Å². The molecule has 0 spiro atoms. The third-order valence-corrected chi connectivity index (χ3v) is 1.44. The molecule has 0 saturated carbocycles. The summed E-state index contributed by atoms with van der Waals surface area (Å²) in [6.45, 7) is -0.412. The van der Waals surface area contributed by atoms with E-state index in [1.54, 1.807) is 0 Å². The normalized spacial score (nSPS) is 34.8. The Hall–Kier alpha value is -0.290. The van der Waals surface area contributed by atoms with E-state index < -0.39 is 25.0 Å².